The molecule has 6 aliphatic rings. The molecule has 12 rings (SSSR count). The number of hydrogen-bond donors (Lipinski definition) is 0. The van der Waals surface area contributed by atoms with E-state index in [0.29, 0.717) is 0 Å². The number of anilines is 3. The van der Waals surface area contributed by atoms with Crippen LogP contribution in [0.1, 0.15) is 93.0 Å². The summed E-state index contributed by atoms with van der Waals surface area (Å²) in [5, 5.41) is 2.71. The minimum Gasteiger partial charge on any atom is -0.310 e. The molecule has 1 heteroatoms. The molecule has 258 valence electrons. The summed E-state index contributed by atoms with van der Waals surface area (Å²) in [7, 11) is 0. The van der Waals surface area contributed by atoms with Gasteiger partial charge in [0.1, 0.15) is 0 Å². The normalized spacial score (nSPS) is 24.8. The number of para-hydroxylation sites is 1. The Kier molecular flexibility index (Phi) is 6.81. The van der Waals surface area contributed by atoms with E-state index >= 15 is 0 Å². The van der Waals surface area contributed by atoms with Gasteiger partial charge in [-0.05, 0) is 179 Å². The maximum atomic E-state index is 2.63. The van der Waals surface area contributed by atoms with Gasteiger partial charge >= 0.3 is 0 Å². The van der Waals surface area contributed by atoms with E-state index in [4.69, 9.17) is 0 Å². The lowest BCUT2D eigenvalue weighted by molar-refractivity contribution is -0.00491. The molecular weight excluding hydrogens is 627 g/mol. The molecule has 1 nitrogen and oxygen atoms in total. The Balaban J connectivity index is 1.08. The summed E-state index contributed by atoms with van der Waals surface area (Å²) in [4.78, 5) is 2.63. The Morgan fingerprint density at radius 3 is 2.06 bits per heavy atom. The molecule has 4 bridgehead atoms. The van der Waals surface area contributed by atoms with Crippen molar-refractivity contribution in [3.05, 3.63) is 149 Å². The first kappa shape index (κ1) is 31.0. The van der Waals surface area contributed by atoms with E-state index in [1.165, 1.54) is 125 Å². The highest BCUT2D eigenvalue weighted by atomic mass is 15.1. The molecule has 0 aromatic heterocycles. The van der Waals surface area contributed by atoms with Crippen LogP contribution in [0.3, 0.4) is 0 Å². The molecule has 0 heterocycles. The number of rotatable bonds is 5. The predicted octanol–water partition coefficient (Wildman–Crippen LogP) is 13.6. The van der Waals surface area contributed by atoms with E-state index in [9.17, 15) is 0 Å². The van der Waals surface area contributed by atoms with Gasteiger partial charge in [0, 0.05) is 22.5 Å². The molecule has 0 unspecified atom stereocenters. The molecule has 52 heavy (non-hydrogen) atoms. The van der Waals surface area contributed by atoms with Crippen molar-refractivity contribution in [3.8, 4) is 22.3 Å². The minimum atomic E-state index is -0.108. The third-order valence-corrected chi connectivity index (χ3v) is 14.4. The zero-order valence-electron chi connectivity index (χ0n) is 30.8. The molecule has 0 N–H and O–H groups in total. The summed E-state index contributed by atoms with van der Waals surface area (Å²) in [6, 6.07) is 47.2. The second-order valence-corrected chi connectivity index (χ2v) is 17.8. The Morgan fingerprint density at radius 1 is 0.558 bits per heavy atom. The first-order valence-corrected chi connectivity index (χ1v) is 20.2. The van der Waals surface area contributed by atoms with Crippen LogP contribution in [0.25, 0.3) is 33.0 Å². The highest BCUT2D eigenvalue weighted by Crippen LogP contribution is 2.62. The fraction of sp³-hybridized carbons (Fsp3) is 0.333. The minimum absolute atomic E-state index is 0.108. The van der Waals surface area contributed by atoms with Crippen LogP contribution in [0.15, 0.2) is 121 Å². The summed E-state index contributed by atoms with van der Waals surface area (Å²) in [6.45, 7) is 4.88. The van der Waals surface area contributed by atoms with Crippen molar-refractivity contribution in [1.82, 2.24) is 0 Å². The van der Waals surface area contributed by atoms with E-state index in [-0.39, 0.29) is 10.8 Å². The molecule has 0 spiro atoms. The number of nitrogens with zero attached hydrogens (tertiary/aromatic N) is 1. The average Bonchev–Trinajstić information content (AvgIpc) is 3.40. The predicted molar refractivity (Wildman–Crippen MR) is 218 cm³/mol. The Labute approximate surface area is 309 Å². The van der Waals surface area contributed by atoms with Crippen LogP contribution in [0.5, 0.6) is 0 Å². The molecule has 0 saturated heterocycles. The van der Waals surface area contributed by atoms with Crippen LogP contribution >= 0.6 is 0 Å². The first-order chi connectivity index (χ1) is 25.4. The van der Waals surface area contributed by atoms with Crippen molar-refractivity contribution in [2.45, 2.75) is 88.9 Å². The highest BCUT2D eigenvalue weighted by Gasteiger charge is 2.52. The van der Waals surface area contributed by atoms with Gasteiger partial charge < -0.3 is 4.90 Å². The van der Waals surface area contributed by atoms with Gasteiger partial charge in [-0.3, -0.25) is 0 Å². The lowest BCUT2D eigenvalue weighted by atomic mass is 9.48. The van der Waals surface area contributed by atoms with Gasteiger partial charge in [-0.15, -0.1) is 0 Å². The van der Waals surface area contributed by atoms with Crippen LogP contribution < -0.4 is 4.90 Å². The topological polar surface area (TPSA) is 3.24 Å². The van der Waals surface area contributed by atoms with Gasteiger partial charge in [0.05, 0.1) is 0 Å². The summed E-state index contributed by atoms with van der Waals surface area (Å²) in [5.41, 5.74) is 17.2. The van der Waals surface area contributed by atoms with Crippen molar-refractivity contribution in [1.29, 1.82) is 0 Å². The van der Waals surface area contributed by atoms with Gasteiger partial charge in [-0.2, -0.15) is 0 Å². The number of fused-ring (bicyclic) bond motifs is 6. The maximum Gasteiger partial charge on any atom is 0.0499 e. The first-order valence-electron chi connectivity index (χ1n) is 20.2. The quantitative estimate of drug-likeness (QED) is 0.176. The Morgan fingerprint density at radius 2 is 1.25 bits per heavy atom. The van der Waals surface area contributed by atoms with Crippen LogP contribution in [-0.2, 0) is 23.7 Å². The molecule has 6 aromatic carbocycles. The monoisotopic (exact) mass is 675 g/mol. The van der Waals surface area contributed by atoms with E-state index in [1.54, 1.807) is 16.7 Å². The lowest BCUT2D eigenvalue weighted by Crippen LogP contribution is -2.48. The maximum absolute atomic E-state index is 2.63. The molecule has 6 aliphatic carbocycles. The third-order valence-electron chi connectivity index (χ3n) is 14.4. The fourth-order valence-electron chi connectivity index (χ4n) is 12.6. The molecule has 6 aromatic rings. The average molecular weight is 676 g/mol. The molecule has 4 saturated carbocycles. The van der Waals surface area contributed by atoms with Crippen molar-refractivity contribution >= 4 is 27.8 Å². The standard InChI is InChI=1S/C51H49N/c1-50(2)47-29-40(23-25-44(47)45-24-20-37-11-4-6-14-43(37)49(45)50)52(39-21-18-38(19-22-39)42-15-9-12-36-10-3-5-13-41(36)42)48-17-8-7-16-46(48)51-30-33-26-34(31-51)28-35(27-33)32-51/h4,6-9,11-12,14-25,29,33-35H,3,5,10,13,26-28,30-32H2,1-2H3. The summed E-state index contributed by atoms with van der Waals surface area (Å²) < 4.78 is 0. The summed E-state index contributed by atoms with van der Waals surface area (Å²) in [6.07, 6.45) is 13.5. The van der Waals surface area contributed by atoms with Crippen molar-refractivity contribution < 1.29 is 0 Å². The molecule has 0 amide bonds. The second-order valence-electron chi connectivity index (χ2n) is 17.8. The summed E-state index contributed by atoms with van der Waals surface area (Å²) >= 11 is 0. The molecular formula is C51H49N. The number of hydrogen-bond acceptors (Lipinski definition) is 1. The number of aryl methyl sites for hydroxylation is 1. The van der Waals surface area contributed by atoms with Gasteiger partial charge in [0.25, 0.3) is 0 Å². The van der Waals surface area contributed by atoms with Crippen LogP contribution in [0.4, 0.5) is 17.1 Å². The van der Waals surface area contributed by atoms with E-state index in [1.807, 2.05) is 0 Å². The van der Waals surface area contributed by atoms with Crippen molar-refractivity contribution in [2.24, 2.45) is 17.8 Å². The van der Waals surface area contributed by atoms with Crippen molar-refractivity contribution in [2.75, 3.05) is 4.90 Å². The number of benzene rings is 6. The van der Waals surface area contributed by atoms with Gasteiger partial charge in [0.2, 0.25) is 0 Å². The molecule has 0 aliphatic heterocycles. The zero-order valence-corrected chi connectivity index (χ0v) is 30.8. The smallest absolute Gasteiger partial charge is 0.0499 e. The highest BCUT2D eigenvalue weighted by molar-refractivity contribution is 5.98. The fourth-order valence-corrected chi connectivity index (χ4v) is 12.6. The van der Waals surface area contributed by atoms with Crippen LogP contribution in [0.2, 0.25) is 0 Å². The van der Waals surface area contributed by atoms with Crippen LogP contribution in [-0.4, -0.2) is 0 Å². The Bertz CT molecular complexity index is 2340. The molecule has 4 fully saturated rings. The van der Waals surface area contributed by atoms with E-state index in [2.05, 4.69) is 140 Å². The van der Waals surface area contributed by atoms with Gasteiger partial charge in [0.15, 0.2) is 0 Å². The Hall–Kier alpha value is -4.62. The third kappa shape index (κ3) is 4.60. The molecule has 0 atom stereocenters. The summed E-state index contributed by atoms with van der Waals surface area (Å²) in [5.74, 6) is 2.70. The van der Waals surface area contributed by atoms with E-state index < -0.39 is 0 Å². The lowest BCUT2D eigenvalue weighted by Gasteiger charge is -2.57. The van der Waals surface area contributed by atoms with Gasteiger partial charge in [-0.1, -0.05) is 105 Å². The molecule has 0 radical (unpaired) electrons. The van der Waals surface area contributed by atoms with Crippen LogP contribution in [0, 0.1) is 17.8 Å². The SMILES string of the molecule is CC1(C)c2cc(N(c3ccc(-c4cccc5c4CCCC5)cc3)c3ccccc3C34CC5CC(CC(C5)C3)C4)ccc2-c2ccc3ccccc3c21. The van der Waals surface area contributed by atoms with Crippen molar-refractivity contribution in [3.63, 3.8) is 0 Å². The zero-order chi connectivity index (χ0) is 34.6. The van der Waals surface area contributed by atoms with E-state index in [0.717, 1.165) is 17.8 Å². The second kappa shape index (κ2) is 11.4. The largest absolute Gasteiger partial charge is 0.310 e. The van der Waals surface area contributed by atoms with Gasteiger partial charge in [-0.25, -0.2) is 0 Å².